The van der Waals surface area contributed by atoms with Crippen molar-refractivity contribution in [1.82, 2.24) is 10.2 Å². The quantitative estimate of drug-likeness (QED) is 0.323. The van der Waals surface area contributed by atoms with Crippen molar-refractivity contribution in [2.24, 2.45) is 10.9 Å². The average Bonchev–Trinajstić information content (AvgIpc) is 2.55. The van der Waals surface area contributed by atoms with Gasteiger partial charge >= 0.3 is 0 Å². The third kappa shape index (κ3) is 3.18. The lowest BCUT2D eigenvalue weighted by Crippen LogP contribution is -2.15. The molecule has 0 aliphatic heterocycles. The number of nitrogens with two attached hydrogens (primary N) is 1. The minimum atomic E-state index is -0.147. The number of aliphatic hydroxyl groups excluding tert-OH is 1. The van der Waals surface area contributed by atoms with Crippen LogP contribution in [0, 0.1) is 0 Å². The molecule has 0 spiro atoms. The van der Waals surface area contributed by atoms with E-state index >= 15 is 0 Å². The number of nitrogens with zero attached hydrogens (tertiary/aromatic N) is 3. The third-order valence-electron chi connectivity index (χ3n) is 2.69. The van der Waals surface area contributed by atoms with Crippen molar-refractivity contribution in [3.8, 4) is 17.4 Å². The van der Waals surface area contributed by atoms with E-state index in [1.807, 2.05) is 0 Å². The summed E-state index contributed by atoms with van der Waals surface area (Å²) in [6.07, 6.45) is 1.40. The van der Waals surface area contributed by atoms with Gasteiger partial charge in [0.25, 0.3) is 0 Å². The molecule has 21 heavy (non-hydrogen) atoms. The van der Waals surface area contributed by atoms with E-state index in [4.69, 9.17) is 25.5 Å². The van der Waals surface area contributed by atoms with Gasteiger partial charge in [-0.1, -0.05) is 11.2 Å². The van der Waals surface area contributed by atoms with E-state index in [0.717, 1.165) is 0 Å². The van der Waals surface area contributed by atoms with Gasteiger partial charge in [-0.2, -0.15) is 5.10 Å². The van der Waals surface area contributed by atoms with Crippen LogP contribution in [0.2, 0.25) is 0 Å². The van der Waals surface area contributed by atoms with Crippen LogP contribution in [0.25, 0.3) is 0 Å². The molecule has 8 nitrogen and oxygen atoms in total. The van der Waals surface area contributed by atoms with E-state index in [2.05, 4.69) is 15.4 Å². The van der Waals surface area contributed by atoms with Crippen LogP contribution in [0.4, 0.5) is 0 Å². The minimum absolute atomic E-state index is 0.0721. The van der Waals surface area contributed by atoms with Crippen molar-refractivity contribution in [2.45, 2.75) is 6.61 Å². The highest BCUT2D eigenvalue weighted by molar-refractivity contribution is 5.98. The van der Waals surface area contributed by atoms with Crippen LogP contribution in [-0.2, 0) is 6.61 Å². The molecular formula is C13H14N4O4. The fourth-order valence-electron chi connectivity index (χ4n) is 1.64. The summed E-state index contributed by atoms with van der Waals surface area (Å²) in [5.74, 6) is 0.702. The van der Waals surface area contributed by atoms with Gasteiger partial charge in [-0.15, -0.1) is 5.10 Å². The molecule has 0 fully saturated rings. The average molecular weight is 290 g/mol. The molecule has 0 unspecified atom stereocenters. The number of amidine groups is 1. The second-order valence-electron chi connectivity index (χ2n) is 3.98. The molecule has 1 aromatic carbocycles. The maximum absolute atomic E-state index is 9.11. The molecule has 0 saturated carbocycles. The molecule has 110 valence electrons. The topological polar surface area (TPSA) is 123 Å². The molecule has 0 atom stereocenters. The standard InChI is InChI=1S/C13H14N4O4/c1-20-11-6-8(7-18)2-3-10(11)21-13-9(12(14)17-19)4-5-15-16-13/h2-6,18-19H,7H2,1H3,(H2,14,17). The Bertz CT molecular complexity index is 660. The lowest BCUT2D eigenvalue weighted by molar-refractivity contribution is 0.280. The fourth-order valence-corrected chi connectivity index (χ4v) is 1.64. The molecule has 2 rings (SSSR count). The van der Waals surface area contributed by atoms with E-state index in [-0.39, 0.29) is 18.3 Å². The van der Waals surface area contributed by atoms with Gasteiger partial charge in [-0.25, -0.2) is 0 Å². The summed E-state index contributed by atoms with van der Waals surface area (Å²) in [5.41, 5.74) is 6.52. The van der Waals surface area contributed by atoms with Gasteiger partial charge in [-0.05, 0) is 23.8 Å². The van der Waals surface area contributed by atoms with E-state index in [0.29, 0.717) is 22.6 Å². The molecule has 0 saturated heterocycles. The summed E-state index contributed by atoms with van der Waals surface area (Å²) in [6.45, 7) is -0.114. The van der Waals surface area contributed by atoms with Gasteiger partial charge in [0.1, 0.15) is 0 Å². The molecular weight excluding hydrogens is 276 g/mol. The largest absolute Gasteiger partial charge is 0.493 e. The van der Waals surface area contributed by atoms with Gasteiger partial charge < -0.3 is 25.5 Å². The number of benzene rings is 1. The van der Waals surface area contributed by atoms with Crippen LogP contribution < -0.4 is 15.2 Å². The Morgan fingerprint density at radius 3 is 2.81 bits per heavy atom. The predicted octanol–water partition coefficient (Wildman–Crippen LogP) is 0.864. The van der Waals surface area contributed by atoms with E-state index in [1.54, 1.807) is 18.2 Å². The zero-order valence-electron chi connectivity index (χ0n) is 11.2. The van der Waals surface area contributed by atoms with Crippen molar-refractivity contribution in [3.63, 3.8) is 0 Å². The first-order valence-electron chi connectivity index (χ1n) is 5.94. The molecule has 0 radical (unpaired) electrons. The molecule has 0 amide bonds. The molecule has 1 aromatic heterocycles. The molecule has 2 aromatic rings. The lowest BCUT2D eigenvalue weighted by atomic mass is 10.2. The molecule has 0 bridgehead atoms. The van der Waals surface area contributed by atoms with Crippen LogP contribution in [0.5, 0.6) is 17.4 Å². The number of rotatable bonds is 5. The van der Waals surface area contributed by atoms with Crippen LogP contribution in [-0.4, -0.2) is 33.5 Å². The minimum Gasteiger partial charge on any atom is -0.493 e. The number of methoxy groups -OCH3 is 1. The van der Waals surface area contributed by atoms with Crippen molar-refractivity contribution in [1.29, 1.82) is 0 Å². The Kier molecular flexibility index (Phi) is 4.52. The van der Waals surface area contributed by atoms with Gasteiger partial charge in [0.15, 0.2) is 17.3 Å². The zero-order valence-corrected chi connectivity index (χ0v) is 11.2. The summed E-state index contributed by atoms with van der Waals surface area (Å²) in [4.78, 5) is 0. The Labute approximate surface area is 120 Å². The number of oxime groups is 1. The van der Waals surface area contributed by atoms with Gasteiger partial charge in [0, 0.05) is 0 Å². The van der Waals surface area contributed by atoms with Gasteiger partial charge in [0.2, 0.25) is 5.88 Å². The Hall–Kier alpha value is -2.87. The predicted molar refractivity (Wildman–Crippen MR) is 73.5 cm³/mol. The first-order chi connectivity index (χ1) is 10.2. The van der Waals surface area contributed by atoms with Crippen LogP contribution in [0.1, 0.15) is 11.1 Å². The molecule has 0 aliphatic rings. The normalized spacial score (nSPS) is 11.2. The Balaban J connectivity index is 2.39. The SMILES string of the molecule is COc1cc(CO)ccc1Oc1nnccc1/C(N)=N/O. The second-order valence-corrected chi connectivity index (χ2v) is 3.98. The maximum atomic E-state index is 9.11. The number of hydrogen-bond acceptors (Lipinski definition) is 7. The first-order valence-corrected chi connectivity index (χ1v) is 5.94. The van der Waals surface area contributed by atoms with Crippen LogP contribution >= 0.6 is 0 Å². The highest BCUT2D eigenvalue weighted by Crippen LogP contribution is 2.32. The highest BCUT2D eigenvalue weighted by atomic mass is 16.5. The van der Waals surface area contributed by atoms with E-state index < -0.39 is 0 Å². The lowest BCUT2D eigenvalue weighted by Gasteiger charge is -2.12. The van der Waals surface area contributed by atoms with Crippen LogP contribution in [0.3, 0.4) is 0 Å². The number of aromatic nitrogens is 2. The molecule has 4 N–H and O–H groups in total. The molecule has 8 heteroatoms. The first kappa shape index (κ1) is 14.5. The van der Waals surface area contributed by atoms with Gasteiger partial charge in [0.05, 0.1) is 25.5 Å². The number of hydrogen-bond donors (Lipinski definition) is 3. The molecule has 1 heterocycles. The summed E-state index contributed by atoms with van der Waals surface area (Å²) < 4.78 is 10.8. The summed E-state index contributed by atoms with van der Waals surface area (Å²) in [5, 5.41) is 28.3. The monoisotopic (exact) mass is 290 g/mol. The van der Waals surface area contributed by atoms with Crippen LogP contribution in [0.15, 0.2) is 35.6 Å². The van der Waals surface area contributed by atoms with Crippen molar-refractivity contribution < 1.29 is 19.8 Å². The fraction of sp³-hybridized carbons (Fsp3) is 0.154. The maximum Gasteiger partial charge on any atom is 0.250 e. The van der Waals surface area contributed by atoms with Crippen molar-refractivity contribution >= 4 is 5.84 Å². The Morgan fingerprint density at radius 1 is 1.33 bits per heavy atom. The second kappa shape index (κ2) is 6.53. The zero-order chi connectivity index (χ0) is 15.2. The van der Waals surface area contributed by atoms with Crippen molar-refractivity contribution in [2.75, 3.05) is 7.11 Å². The molecule has 0 aliphatic carbocycles. The summed E-state index contributed by atoms with van der Waals surface area (Å²) in [6, 6.07) is 6.44. The third-order valence-corrected chi connectivity index (χ3v) is 2.69. The van der Waals surface area contributed by atoms with Crippen molar-refractivity contribution in [3.05, 3.63) is 41.6 Å². The smallest absolute Gasteiger partial charge is 0.250 e. The highest BCUT2D eigenvalue weighted by Gasteiger charge is 2.14. The van der Waals surface area contributed by atoms with E-state index in [1.165, 1.54) is 19.4 Å². The van der Waals surface area contributed by atoms with Gasteiger partial charge in [-0.3, -0.25) is 0 Å². The summed E-state index contributed by atoms with van der Waals surface area (Å²) >= 11 is 0. The number of aliphatic hydroxyl groups is 1. The number of ether oxygens (including phenoxy) is 2. The van der Waals surface area contributed by atoms with E-state index in [9.17, 15) is 0 Å². The summed E-state index contributed by atoms with van der Waals surface area (Å²) in [7, 11) is 1.48. The Morgan fingerprint density at radius 2 is 2.14 bits per heavy atom.